The molecule has 1 atom stereocenters. The summed E-state index contributed by atoms with van der Waals surface area (Å²) in [5, 5.41) is 0. The van der Waals surface area contributed by atoms with Crippen molar-refractivity contribution in [1.82, 2.24) is 0 Å². The predicted octanol–water partition coefficient (Wildman–Crippen LogP) is 3.61. The molecule has 2 rings (SSSR count). The second-order valence-electron chi connectivity index (χ2n) is 4.50. The van der Waals surface area contributed by atoms with Crippen LogP contribution < -0.4 is 0 Å². The predicted molar refractivity (Wildman–Crippen MR) is 77.8 cm³/mol. The van der Waals surface area contributed by atoms with Gasteiger partial charge in [0.15, 0.2) is 0 Å². The summed E-state index contributed by atoms with van der Waals surface area (Å²) >= 11 is 0. The zero-order chi connectivity index (χ0) is 13.5. The van der Waals surface area contributed by atoms with Gasteiger partial charge >= 0.3 is 0 Å². The molecular formula is C18H16O. The lowest BCUT2D eigenvalue weighted by Crippen LogP contribution is -2.11. The van der Waals surface area contributed by atoms with Gasteiger partial charge in [-0.3, -0.25) is 4.79 Å². The molecule has 1 nitrogen and oxygen atoms in total. The van der Waals surface area contributed by atoms with E-state index in [-0.39, 0.29) is 11.7 Å². The van der Waals surface area contributed by atoms with Crippen molar-refractivity contribution in [3.05, 3.63) is 71.8 Å². The van der Waals surface area contributed by atoms with Crippen LogP contribution in [-0.4, -0.2) is 5.78 Å². The number of hydrogen-bond acceptors (Lipinski definition) is 1. The molecule has 0 aliphatic carbocycles. The average Bonchev–Trinajstić information content (AvgIpc) is 2.49. The van der Waals surface area contributed by atoms with Crippen molar-refractivity contribution < 1.29 is 4.79 Å². The summed E-state index contributed by atoms with van der Waals surface area (Å²) in [7, 11) is 0. The second kappa shape index (κ2) is 6.56. The first-order chi connectivity index (χ1) is 9.31. The van der Waals surface area contributed by atoms with E-state index in [0.29, 0.717) is 0 Å². The number of Topliss-reactive ketones (excluding diaryl/α,β-unsaturated/α-hetero) is 1. The fourth-order valence-electron chi connectivity index (χ4n) is 2.19. The molecule has 0 fully saturated rings. The van der Waals surface area contributed by atoms with Crippen LogP contribution in [0, 0.1) is 12.3 Å². The summed E-state index contributed by atoms with van der Waals surface area (Å²) in [6.45, 7) is 0. The molecule has 0 spiro atoms. The number of hydrogen-bond donors (Lipinski definition) is 0. The quantitative estimate of drug-likeness (QED) is 0.583. The van der Waals surface area contributed by atoms with E-state index < -0.39 is 0 Å². The lowest BCUT2D eigenvalue weighted by Gasteiger charge is -2.13. The maximum Gasteiger partial charge on any atom is 0.212 e. The zero-order valence-corrected chi connectivity index (χ0v) is 10.8. The minimum absolute atomic E-state index is 0.137. The lowest BCUT2D eigenvalue weighted by molar-refractivity contribution is -0.115. The maximum absolute atomic E-state index is 11.9. The first-order valence-electron chi connectivity index (χ1n) is 6.40. The smallest absolute Gasteiger partial charge is 0.212 e. The van der Waals surface area contributed by atoms with Gasteiger partial charge in [-0.05, 0) is 29.9 Å². The van der Waals surface area contributed by atoms with E-state index in [4.69, 9.17) is 6.42 Å². The van der Waals surface area contributed by atoms with Crippen LogP contribution in [0.2, 0.25) is 0 Å². The molecule has 1 unspecified atom stereocenters. The van der Waals surface area contributed by atoms with Crippen molar-refractivity contribution in [3.8, 4) is 12.3 Å². The molecule has 0 saturated carbocycles. The molecule has 0 heterocycles. The third-order valence-electron chi connectivity index (χ3n) is 3.23. The highest BCUT2D eigenvalue weighted by Crippen LogP contribution is 2.22. The monoisotopic (exact) mass is 248 g/mol. The number of carbonyl (C=O) groups excluding carboxylic acids is 1. The highest BCUT2D eigenvalue weighted by molar-refractivity contribution is 6.00. The van der Waals surface area contributed by atoms with Crippen LogP contribution in [0.15, 0.2) is 60.7 Å². The summed E-state index contributed by atoms with van der Waals surface area (Å²) in [6, 6.07) is 19.9. The standard InChI is InChI=1S/C18H16O/c1-2-18(19)17(16-11-7-4-8-12-16)14-13-15-9-5-3-6-10-15/h1,3-12,17H,13-14H2. The van der Waals surface area contributed by atoms with Gasteiger partial charge in [0, 0.05) is 0 Å². The van der Waals surface area contributed by atoms with Crippen molar-refractivity contribution in [2.45, 2.75) is 18.8 Å². The Labute approximate surface area is 114 Å². The van der Waals surface area contributed by atoms with Crippen LogP contribution in [0.25, 0.3) is 0 Å². The Balaban J connectivity index is 2.12. The summed E-state index contributed by atoms with van der Waals surface area (Å²) in [6.07, 6.45) is 6.88. The van der Waals surface area contributed by atoms with Crippen molar-refractivity contribution in [2.24, 2.45) is 0 Å². The summed E-state index contributed by atoms with van der Waals surface area (Å²) in [5.74, 6) is 1.92. The summed E-state index contributed by atoms with van der Waals surface area (Å²) in [5.41, 5.74) is 2.23. The molecule has 0 radical (unpaired) electrons. The van der Waals surface area contributed by atoms with Crippen LogP contribution in [0.5, 0.6) is 0 Å². The van der Waals surface area contributed by atoms with Crippen molar-refractivity contribution >= 4 is 5.78 Å². The first kappa shape index (κ1) is 13.1. The Morgan fingerprint density at radius 2 is 1.58 bits per heavy atom. The Morgan fingerprint density at radius 3 is 2.16 bits per heavy atom. The van der Waals surface area contributed by atoms with Crippen molar-refractivity contribution in [1.29, 1.82) is 0 Å². The van der Waals surface area contributed by atoms with Gasteiger partial charge in [0.05, 0.1) is 5.92 Å². The van der Waals surface area contributed by atoms with Crippen molar-refractivity contribution in [3.63, 3.8) is 0 Å². The molecule has 19 heavy (non-hydrogen) atoms. The Hall–Kier alpha value is -2.33. The van der Waals surface area contributed by atoms with Crippen molar-refractivity contribution in [2.75, 3.05) is 0 Å². The van der Waals surface area contributed by atoms with E-state index in [1.54, 1.807) is 0 Å². The first-order valence-corrected chi connectivity index (χ1v) is 6.40. The minimum Gasteiger partial charge on any atom is -0.284 e. The Bertz CT molecular complexity index is 564. The lowest BCUT2D eigenvalue weighted by atomic mass is 9.89. The van der Waals surface area contributed by atoms with E-state index in [2.05, 4.69) is 18.1 Å². The van der Waals surface area contributed by atoms with Crippen LogP contribution >= 0.6 is 0 Å². The van der Waals surface area contributed by atoms with Gasteiger partial charge in [-0.15, -0.1) is 6.42 Å². The number of aryl methyl sites for hydroxylation is 1. The molecule has 0 saturated heterocycles. The molecule has 0 aliphatic heterocycles. The number of terminal acetylenes is 1. The van der Waals surface area contributed by atoms with E-state index in [0.717, 1.165) is 18.4 Å². The number of ketones is 1. The SMILES string of the molecule is C#CC(=O)C(CCc1ccccc1)c1ccccc1. The van der Waals surface area contributed by atoms with Crippen LogP contribution in [-0.2, 0) is 11.2 Å². The largest absolute Gasteiger partial charge is 0.284 e. The fraction of sp³-hybridized carbons (Fsp3) is 0.167. The molecule has 94 valence electrons. The third-order valence-corrected chi connectivity index (χ3v) is 3.23. The molecule has 0 amide bonds. The number of carbonyl (C=O) groups is 1. The van der Waals surface area contributed by atoms with Gasteiger partial charge in [-0.1, -0.05) is 60.7 Å². The van der Waals surface area contributed by atoms with E-state index >= 15 is 0 Å². The topological polar surface area (TPSA) is 17.1 Å². The van der Waals surface area contributed by atoms with Crippen LogP contribution in [0.3, 0.4) is 0 Å². The maximum atomic E-state index is 11.9. The van der Waals surface area contributed by atoms with Gasteiger partial charge in [0.25, 0.3) is 0 Å². The number of benzene rings is 2. The molecular weight excluding hydrogens is 232 g/mol. The van der Waals surface area contributed by atoms with Crippen LogP contribution in [0.4, 0.5) is 0 Å². The molecule has 0 aromatic heterocycles. The molecule has 2 aromatic carbocycles. The minimum atomic E-state index is -0.202. The second-order valence-corrected chi connectivity index (χ2v) is 4.50. The Kier molecular flexibility index (Phi) is 4.53. The normalized spacial score (nSPS) is 11.5. The highest BCUT2D eigenvalue weighted by Gasteiger charge is 2.18. The molecule has 1 heteroatoms. The zero-order valence-electron chi connectivity index (χ0n) is 10.8. The van der Waals surface area contributed by atoms with E-state index in [9.17, 15) is 4.79 Å². The average molecular weight is 248 g/mol. The van der Waals surface area contributed by atoms with Gasteiger partial charge in [0.2, 0.25) is 5.78 Å². The molecule has 0 N–H and O–H groups in total. The number of rotatable bonds is 5. The summed E-state index contributed by atoms with van der Waals surface area (Å²) < 4.78 is 0. The summed E-state index contributed by atoms with van der Waals surface area (Å²) in [4.78, 5) is 11.9. The highest BCUT2D eigenvalue weighted by atomic mass is 16.1. The van der Waals surface area contributed by atoms with E-state index in [1.807, 2.05) is 48.5 Å². The van der Waals surface area contributed by atoms with Gasteiger partial charge in [0.1, 0.15) is 0 Å². The van der Waals surface area contributed by atoms with Gasteiger partial charge < -0.3 is 0 Å². The third kappa shape index (κ3) is 3.56. The van der Waals surface area contributed by atoms with Gasteiger partial charge in [-0.2, -0.15) is 0 Å². The fourth-order valence-corrected chi connectivity index (χ4v) is 2.19. The Morgan fingerprint density at radius 1 is 1.00 bits per heavy atom. The van der Waals surface area contributed by atoms with E-state index in [1.165, 1.54) is 5.56 Å². The van der Waals surface area contributed by atoms with Gasteiger partial charge in [-0.25, -0.2) is 0 Å². The molecule has 2 aromatic rings. The molecule has 0 bridgehead atoms. The van der Waals surface area contributed by atoms with Crippen LogP contribution in [0.1, 0.15) is 23.5 Å². The molecule has 0 aliphatic rings.